The molecule has 0 aliphatic heterocycles. The number of hydrogen-bond donors (Lipinski definition) is 1. The first-order valence-electron chi connectivity index (χ1n) is 4.94. The molecule has 1 saturated carbocycles. The average molecular weight is 216 g/mol. The molecule has 0 aromatic carbocycles. The highest BCUT2D eigenvalue weighted by atomic mass is 32.2. The Kier molecular flexibility index (Phi) is 3.90. The standard InChI is InChI=1S/C9H16N2O2S/c1-8(6-7-10)11-14(12,13)9-4-2-3-5-9/h8-9,11H,2-6H2,1H3. The van der Waals surface area contributed by atoms with E-state index in [0.29, 0.717) is 0 Å². The van der Waals surface area contributed by atoms with Gasteiger partial charge in [0.1, 0.15) is 0 Å². The molecule has 5 heteroatoms. The van der Waals surface area contributed by atoms with Gasteiger partial charge in [-0.3, -0.25) is 0 Å². The number of rotatable bonds is 4. The molecule has 1 N–H and O–H groups in total. The molecule has 14 heavy (non-hydrogen) atoms. The molecule has 1 aliphatic carbocycles. The highest BCUT2D eigenvalue weighted by molar-refractivity contribution is 7.90. The minimum absolute atomic E-state index is 0.228. The molecule has 0 bridgehead atoms. The topological polar surface area (TPSA) is 70.0 Å². The van der Waals surface area contributed by atoms with Crippen LogP contribution in [0.4, 0.5) is 0 Å². The zero-order valence-electron chi connectivity index (χ0n) is 8.36. The van der Waals surface area contributed by atoms with E-state index in [2.05, 4.69) is 4.72 Å². The Hall–Kier alpha value is -0.600. The molecule has 1 aliphatic rings. The maximum absolute atomic E-state index is 11.7. The number of nitrogens with zero attached hydrogens (tertiary/aromatic N) is 1. The Morgan fingerprint density at radius 3 is 2.57 bits per heavy atom. The van der Waals surface area contributed by atoms with Crippen LogP contribution in [-0.4, -0.2) is 19.7 Å². The lowest BCUT2D eigenvalue weighted by atomic mass is 10.3. The minimum atomic E-state index is -3.18. The Morgan fingerprint density at radius 1 is 1.50 bits per heavy atom. The van der Waals surface area contributed by atoms with Gasteiger partial charge in [0.25, 0.3) is 0 Å². The van der Waals surface area contributed by atoms with Gasteiger partial charge < -0.3 is 0 Å². The Labute approximate surface area is 85.4 Å². The summed E-state index contributed by atoms with van der Waals surface area (Å²) in [6.45, 7) is 1.72. The van der Waals surface area contributed by atoms with Crippen molar-refractivity contribution in [2.24, 2.45) is 0 Å². The van der Waals surface area contributed by atoms with E-state index in [4.69, 9.17) is 5.26 Å². The summed E-state index contributed by atoms with van der Waals surface area (Å²) in [6.07, 6.45) is 3.74. The van der Waals surface area contributed by atoms with Gasteiger partial charge in [0.05, 0.1) is 17.7 Å². The third kappa shape index (κ3) is 2.96. The molecule has 1 rings (SSSR count). The Bertz CT molecular complexity index is 312. The maximum atomic E-state index is 11.7. The van der Waals surface area contributed by atoms with E-state index in [1.807, 2.05) is 6.07 Å². The van der Waals surface area contributed by atoms with Gasteiger partial charge in [0.2, 0.25) is 10.0 Å². The van der Waals surface area contributed by atoms with E-state index >= 15 is 0 Å². The third-order valence-electron chi connectivity index (χ3n) is 2.50. The summed E-state index contributed by atoms with van der Waals surface area (Å²) >= 11 is 0. The van der Waals surface area contributed by atoms with E-state index in [0.717, 1.165) is 25.7 Å². The predicted molar refractivity (Wildman–Crippen MR) is 54.0 cm³/mol. The second-order valence-corrected chi connectivity index (χ2v) is 5.82. The quantitative estimate of drug-likeness (QED) is 0.766. The van der Waals surface area contributed by atoms with Gasteiger partial charge in [-0.1, -0.05) is 12.8 Å². The average Bonchev–Trinajstić information content (AvgIpc) is 2.54. The maximum Gasteiger partial charge on any atom is 0.214 e. The van der Waals surface area contributed by atoms with Gasteiger partial charge in [0.15, 0.2) is 0 Å². The number of hydrogen-bond acceptors (Lipinski definition) is 3. The summed E-state index contributed by atoms with van der Waals surface area (Å²) in [6, 6.07) is 1.68. The van der Waals surface area contributed by atoms with Gasteiger partial charge in [0, 0.05) is 6.04 Å². The lowest BCUT2D eigenvalue weighted by Crippen LogP contribution is -2.38. The van der Waals surface area contributed by atoms with Crippen molar-refractivity contribution in [2.75, 3.05) is 0 Å². The Balaban J connectivity index is 2.53. The second kappa shape index (κ2) is 4.76. The summed E-state index contributed by atoms with van der Waals surface area (Å²) in [7, 11) is -3.18. The van der Waals surface area contributed by atoms with Gasteiger partial charge in [-0.15, -0.1) is 0 Å². The molecular weight excluding hydrogens is 200 g/mol. The molecule has 0 radical (unpaired) electrons. The molecule has 1 atom stereocenters. The molecule has 1 unspecified atom stereocenters. The van der Waals surface area contributed by atoms with Crippen LogP contribution in [0.5, 0.6) is 0 Å². The molecule has 0 aromatic heterocycles. The Morgan fingerprint density at radius 2 is 2.07 bits per heavy atom. The van der Waals surface area contributed by atoms with Crippen molar-refractivity contribution in [3.8, 4) is 6.07 Å². The van der Waals surface area contributed by atoms with Crippen molar-refractivity contribution >= 4 is 10.0 Å². The second-order valence-electron chi connectivity index (χ2n) is 3.83. The molecular formula is C9H16N2O2S. The van der Waals surface area contributed by atoms with Crippen LogP contribution in [-0.2, 0) is 10.0 Å². The molecule has 0 spiro atoms. The van der Waals surface area contributed by atoms with E-state index in [1.165, 1.54) is 0 Å². The van der Waals surface area contributed by atoms with E-state index < -0.39 is 10.0 Å². The lowest BCUT2D eigenvalue weighted by molar-refractivity contribution is 0.547. The lowest BCUT2D eigenvalue weighted by Gasteiger charge is -2.15. The number of nitrogens with one attached hydrogen (secondary N) is 1. The fourth-order valence-corrected chi connectivity index (χ4v) is 3.54. The van der Waals surface area contributed by atoms with Crippen molar-refractivity contribution in [2.45, 2.75) is 50.3 Å². The van der Waals surface area contributed by atoms with Crippen molar-refractivity contribution in [3.05, 3.63) is 0 Å². The first-order valence-corrected chi connectivity index (χ1v) is 6.49. The van der Waals surface area contributed by atoms with Crippen molar-refractivity contribution in [3.63, 3.8) is 0 Å². The minimum Gasteiger partial charge on any atom is -0.212 e. The van der Waals surface area contributed by atoms with Gasteiger partial charge in [-0.25, -0.2) is 13.1 Å². The largest absolute Gasteiger partial charge is 0.214 e. The SMILES string of the molecule is CC(CC#N)NS(=O)(=O)C1CCCC1. The smallest absolute Gasteiger partial charge is 0.212 e. The summed E-state index contributed by atoms with van der Waals surface area (Å²) < 4.78 is 25.9. The summed E-state index contributed by atoms with van der Waals surface area (Å²) in [5, 5.41) is 8.18. The number of sulfonamides is 1. The van der Waals surface area contributed by atoms with Gasteiger partial charge >= 0.3 is 0 Å². The van der Waals surface area contributed by atoms with Crippen LogP contribution in [0.3, 0.4) is 0 Å². The van der Waals surface area contributed by atoms with Crippen LogP contribution >= 0.6 is 0 Å². The van der Waals surface area contributed by atoms with Crippen molar-refractivity contribution in [1.29, 1.82) is 5.26 Å². The zero-order valence-corrected chi connectivity index (χ0v) is 9.18. The fourth-order valence-electron chi connectivity index (χ4n) is 1.75. The van der Waals surface area contributed by atoms with Gasteiger partial charge in [-0.2, -0.15) is 5.26 Å². The molecule has 4 nitrogen and oxygen atoms in total. The van der Waals surface area contributed by atoms with Crippen LogP contribution in [0.2, 0.25) is 0 Å². The van der Waals surface area contributed by atoms with E-state index in [9.17, 15) is 8.42 Å². The monoisotopic (exact) mass is 216 g/mol. The summed E-state index contributed by atoms with van der Waals surface area (Å²) in [5.41, 5.74) is 0. The molecule has 0 amide bonds. The molecule has 1 fully saturated rings. The summed E-state index contributed by atoms with van der Waals surface area (Å²) in [4.78, 5) is 0. The molecule has 0 heterocycles. The van der Waals surface area contributed by atoms with Crippen LogP contribution < -0.4 is 4.72 Å². The van der Waals surface area contributed by atoms with Crippen LogP contribution in [0, 0.1) is 11.3 Å². The third-order valence-corrected chi connectivity index (χ3v) is 4.58. The summed E-state index contributed by atoms with van der Waals surface area (Å²) in [5.74, 6) is 0. The van der Waals surface area contributed by atoms with Gasteiger partial charge in [-0.05, 0) is 19.8 Å². The predicted octanol–water partition coefficient (Wildman–Crippen LogP) is 1.15. The number of nitriles is 1. The van der Waals surface area contributed by atoms with Crippen molar-refractivity contribution < 1.29 is 8.42 Å². The fraction of sp³-hybridized carbons (Fsp3) is 0.889. The van der Waals surface area contributed by atoms with E-state index in [-0.39, 0.29) is 17.7 Å². The van der Waals surface area contributed by atoms with Crippen LogP contribution in [0.1, 0.15) is 39.0 Å². The highest BCUT2D eigenvalue weighted by Gasteiger charge is 2.29. The molecule has 0 saturated heterocycles. The van der Waals surface area contributed by atoms with Crippen LogP contribution in [0.25, 0.3) is 0 Å². The van der Waals surface area contributed by atoms with E-state index in [1.54, 1.807) is 6.92 Å². The molecule has 80 valence electrons. The van der Waals surface area contributed by atoms with Crippen LogP contribution in [0.15, 0.2) is 0 Å². The normalized spacial score (nSPS) is 20.6. The zero-order chi connectivity index (χ0) is 10.6. The highest BCUT2D eigenvalue weighted by Crippen LogP contribution is 2.24. The first kappa shape index (κ1) is 11.5. The molecule has 0 aromatic rings. The van der Waals surface area contributed by atoms with Crippen molar-refractivity contribution in [1.82, 2.24) is 4.72 Å². The first-order chi connectivity index (χ1) is 6.56.